The van der Waals surface area contributed by atoms with Crippen LogP contribution in [0.4, 0.5) is 0 Å². The van der Waals surface area contributed by atoms with Crippen LogP contribution in [0.2, 0.25) is 0 Å². The molecular formula is C83H136O16P2. The number of unbranched alkanes of at least 4 members (excludes halogenated alkanes) is 20. The van der Waals surface area contributed by atoms with Crippen molar-refractivity contribution in [2.45, 2.75) is 296 Å². The van der Waals surface area contributed by atoms with Crippen LogP contribution in [0.25, 0.3) is 0 Å². The normalized spacial score (nSPS) is 15.0. The van der Waals surface area contributed by atoms with Crippen molar-refractivity contribution in [3.05, 3.63) is 170 Å². The number of carbonyl (C=O) groups is 3. The highest BCUT2D eigenvalue weighted by atomic mass is 31.2. The Kier molecular flexibility index (Phi) is 70.9. The smallest absolute Gasteiger partial charge is 0.463 e. The molecule has 0 rings (SSSR count). The van der Waals surface area contributed by atoms with E-state index in [0.29, 0.717) is 19.3 Å². The number of rotatable bonds is 71. The van der Waals surface area contributed by atoms with Crippen LogP contribution in [0, 0.1) is 0 Å². The van der Waals surface area contributed by atoms with Gasteiger partial charge < -0.3 is 34.2 Å². The van der Waals surface area contributed by atoms with Crippen LogP contribution < -0.4 is 0 Å². The summed E-state index contributed by atoms with van der Waals surface area (Å²) in [5.41, 5.74) is 0. The van der Waals surface area contributed by atoms with Gasteiger partial charge in [-0.05, 0) is 154 Å². The van der Waals surface area contributed by atoms with Crippen LogP contribution in [0.15, 0.2) is 170 Å². The number of aliphatic hydroxyl groups excluding tert-OH is 2. The van der Waals surface area contributed by atoms with Gasteiger partial charge in [-0.15, -0.1) is 0 Å². The first-order chi connectivity index (χ1) is 49.2. The maximum absolute atomic E-state index is 13.0. The van der Waals surface area contributed by atoms with Gasteiger partial charge in [0.05, 0.1) is 26.4 Å². The van der Waals surface area contributed by atoms with Crippen molar-refractivity contribution in [1.82, 2.24) is 0 Å². The molecule has 0 aliphatic carbocycles. The summed E-state index contributed by atoms with van der Waals surface area (Å²) in [6, 6.07) is 0. The van der Waals surface area contributed by atoms with E-state index in [1.165, 1.54) is 25.7 Å². The predicted molar refractivity (Wildman–Crippen MR) is 417 cm³/mol. The number of aliphatic hydroxyl groups is 2. The van der Waals surface area contributed by atoms with Crippen molar-refractivity contribution in [1.29, 1.82) is 0 Å². The average molecular weight is 1450 g/mol. The second kappa shape index (κ2) is 74.6. The number of phosphoric ester groups is 2. The standard InChI is InChI=1S/C83H136O16P2/c1-4-7-10-13-16-19-22-25-28-31-33-35-37-38-40-42-43-46-48-51-54-57-60-63-66-69-81(86)93-72-78(84)73-95-100(89,90)96-74-79(85)75-97-101(91,92)98-77-80(99-83(88)71-68-65-62-59-56-53-50-45-30-27-24-21-18-15-12-9-6-3)76-94-82(87)70-67-64-61-58-55-52-49-47-44-41-39-36-34-32-29-26-23-20-17-14-11-8-5-2/h7,9-10,12,16-21,25-30,33-36,38,40-41,43-44,46,50,53,78-80,84-85H,4-6,8,11,13-15,22-24,31-32,37,39,42,45,47-49,51-52,54-77H2,1-3H3,(H,89,90)(H,91,92)/b10-7-,12-9-,19-16-,20-17-,21-18-,28-25-,29-26-,30-27-,35-33-,36-34-,40-38-,44-41-,46-43-,53-50-. The van der Waals surface area contributed by atoms with Gasteiger partial charge in [0.25, 0.3) is 0 Å². The summed E-state index contributed by atoms with van der Waals surface area (Å²) in [7, 11) is -9.82. The summed E-state index contributed by atoms with van der Waals surface area (Å²) < 4.78 is 61.1. The van der Waals surface area contributed by atoms with E-state index >= 15 is 0 Å². The van der Waals surface area contributed by atoms with Crippen molar-refractivity contribution in [3.8, 4) is 0 Å². The van der Waals surface area contributed by atoms with Crippen molar-refractivity contribution >= 4 is 33.6 Å². The van der Waals surface area contributed by atoms with Gasteiger partial charge in [0.1, 0.15) is 25.4 Å². The number of esters is 3. The Balaban J connectivity index is 4.70. The Labute approximate surface area is 612 Å². The van der Waals surface area contributed by atoms with Gasteiger partial charge >= 0.3 is 33.6 Å². The summed E-state index contributed by atoms with van der Waals surface area (Å²) in [5, 5.41) is 20.6. The van der Waals surface area contributed by atoms with Gasteiger partial charge in [-0.3, -0.25) is 32.5 Å². The molecule has 18 heteroatoms. The molecule has 5 atom stereocenters. The zero-order valence-corrected chi connectivity index (χ0v) is 64.3. The molecule has 0 aliphatic rings. The van der Waals surface area contributed by atoms with Gasteiger partial charge in [-0.1, -0.05) is 274 Å². The van der Waals surface area contributed by atoms with Crippen LogP contribution >= 0.6 is 15.6 Å². The molecule has 0 aromatic rings. The van der Waals surface area contributed by atoms with Crippen LogP contribution in [-0.2, 0) is 55.8 Å². The van der Waals surface area contributed by atoms with E-state index in [1.54, 1.807) is 0 Å². The summed E-state index contributed by atoms with van der Waals surface area (Å²) in [6.45, 7) is 2.35. The monoisotopic (exact) mass is 1450 g/mol. The van der Waals surface area contributed by atoms with Crippen LogP contribution in [0.3, 0.4) is 0 Å². The minimum Gasteiger partial charge on any atom is -0.463 e. The molecule has 0 aromatic heterocycles. The lowest BCUT2D eigenvalue weighted by molar-refractivity contribution is -0.161. The molecule has 101 heavy (non-hydrogen) atoms. The molecule has 0 aliphatic heterocycles. The highest BCUT2D eigenvalue weighted by molar-refractivity contribution is 7.47. The maximum Gasteiger partial charge on any atom is 0.472 e. The molecule has 574 valence electrons. The Bertz CT molecular complexity index is 2520. The molecule has 16 nitrogen and oxygen atoms in total. The van der Waals surface area contributed by atoms with Gasteiger partial charge in [-0.2, -0.15) is 0 Å². The van der Waals surface area contributed by atoms with E-state index in [4.69, 9.17) is 32.3 Å². The quantitative estimate of drug-likeness (QED) is 0.0146. The van der Waals surface area contributed by atoms with E-state index in [1.807, 2.05) is 0 Å². The average Bonchev–Trinajstić information content (AvgIpc) is 0.946. The van der Waals surface area contributed by atoms with Crippen molar-refractivity contribution in [2.75, 3.05) is 39.6 Å². The molecule has 0 fully saturated rings. The number of hydrogen-bond acceptors (Lipinski definition) is 14. The first-order valence-corrected chi connectivity index (χ1v) is 41.4. The summed E-state index contributed by atoms with van der Waals surface area (Å²) in [5.74, 6) is -1.64. The van der Waals surface area contributed by atoms with E-state index < -0.39 is 91.5 Å². The van der Waals surface area contributed by atoms with E-state index in [9.17, 15) is 43.5 Å². The number of allylic oxidation sites excluding steroid dienone is 28. The summed E-state index contributed by atoms with van der Waals surface area (Å²) in [6.07, 6.45) is 93.9. The highest BCUT2D eigenvalue weighted by Gasteiger charge is 2.29. The number of ether oxygens (including phenoxy) is 3. The minimum absolute atomic E-state index is 0.0675. The molecule has 4 N–H and O–H groups in total. The third-order valence-electron chi connectivity index (χ3n) is 15.4. The second-order valence-corrected chi connectivity index (χ2v) is 27.9. The van der Waals surface area contributed by atoms with Gasteiger partial charge in [0.15, 0.2) is 6.10 Å². The predicted octanol–water partition coefficient (Wildman–Crippen LogP) is 22.4. The lowest BCUT2D eigenvalue weighted by atomic mass is 10.1. The van der Waals surface area contributed by atoms with Gasteiger partial charge in [0.2, 0.25) is 0 Å². The highest BCUT2D eigenvalue weighted by Crippen LogP contribution is 2.45. The van der Waals surface area contributed by atoms with Gasteiger partial charge in [-0.25, -0.2) is 9.13 Å². The molecule has 0 saturated carbocycles. The largest absolute Gasteiger partial charge is 0.472 e. The van der Waals surface area contributed by atoms with Crippen molar-refractivity contribution < 1.29 is 75.8 Å². The molecule has 0 saturated heterocycles. The number of hydrogen-bond donors (Lipinski definition) is 4. The Morgan fingerprint density at radius 3 is 0.832 bits per heavy atom. The van der Waals surface area contributed by atoms with Crippen LogP contribution in [0.1, 0.15) is 278 Å². The lowest BCUT2D eigenvalue weighted by Gasteiger charge is -2.21. The van der Waals surface area contributed by atoms with Crippen LogP contribution in [0.5, 0.6) is 0 Å². The molecular weight excluding hydrogens is 1310 g/mol. The maximum atomic E-state index is 13.0. The Hall–Kier alpha value is -5.09. The Morgan fingerprint density at radius 2 is 0.525 bits per heavy atom. The fourth-order valence-electron chi connectivity index (χ4n) is 9.61. The molecule has 0 spiro atoms. The Morgan fingerprint density at radius 1 is 0.287 bits per heavy atom. The molecule has 0 heterocycles. The molecule has 0 bridgehead atoms. The number of phosphoric acid groups is 2. The topological polar surface area (TPSA) is 231 Å². The molecule has 0 aromatic carbocycles. The number of carbonyl (C=O) groups excluding carboxylic acids is 3. The third kappa shape index (κ3) is 75.9. The molecule has 5 unspecified atom stereocenters. The molecule has 0 amide bonds. The van der Waals surface area contributed by atoms with Crippen molar-refractivity contribution in [2.24, 2.45) is 0 Å². The van der Waals surface area contributed by atoms with Crippen LogP contribution in [-0.4, -0.2) is 95.9 Å². The van der Waals surface area contributed by atoms with Gasteiger partial charge in [0, 0.05) is 19.3 Å². The fraction of sp³-hybridized carbons (Fsp3) is 0.627. The fourth-order valence-corrected chi connectivity index (χ4v) is 11.2. The van der Waals surface area contributed by atoms with E-state index in [2.05, 4.69) is 191 Å². The first kappa shape index (κ1) is 95.9. The SMILES string of the molecule is CC/C=C\C/C=C\C/C=C\C/C=C\C/C=C\C/C=C\CCCCCCCCC(=O)OCC(O)COP(=O)(O)OCC(O)COP(=O)(O)OCC(COC(=O)CCCCCCCCC/C=C\C/C=C\C/C=C\C/C=C\CCCCC)OC(=O)CCCCCC/C=C\C/C=C\C/C=C\C/C=C\CC. The summed E-state index contributed by atoms with van der Waals surface area (Å²) >= 11 is 0. The van der Waals surface area contributed by atoms with Crippen molar-refractivity contribution in [3.63, 3.8) is 0 Å². The minimum atomic E-state index is -4.95. The molecule has 0 radical (unpaired) electrons. The summed E-state index contributed by atoms with van der Waals surface area (Å²) in [4.78, 5) is 58.6. The zero-order chi connectivity index (χ0) is 73.7. The second-order valence-electron chi connectivity index (χ2n) is 25.0. The lowest BCUT2D eigenvalue weighted by Crippen LogP contribution is -2.30. The zero-order valence-electron chi connectivity index (χ0n) is 62.5. The first-order valence-electron chi connectivity index (χ1n) is 38.4. The van der Waals surface area contributed by atoms with E-state index in [-0.39, 0.29) is 19.3 Å². The van der Waals surface area contributed by atoms with E-state index in [0.717, 1.165) is 193 Å². The third-order valence-corrected chi connectivity index (χ3v) is 17.3.